The number of nitrogens with one attached hydrogen (secondary N) is 2. The highest BCUT2D eigenvalue weighted by atomic mass is 127. The van der Waals surface area contributed by atoms with E-state index in [1.165, 1.54) is 12.2 Å². The lowest BCUT2D eigenvalue weighted by atomic mass is 10.1. The fourth-order valence-electron chi connectivity index (χ4n) is 2.08. The Morgan fingerprint density at radius 1 is 1.22 bits per heavy atom. The molecule has 1 unspecified atom stereocenters. The molecule has 0 fully saturated rings. The lowest BCUT2D eigenvalue weighted by Crippen LogP contribution is -2.38. The van der Waals surface area contributed by atoms with Crippen molar-refractivity contribution in [1.82, 2.24) is 10.6 Å². The number of nitrogens with zero attached hydrogens (tertiary/aromatic N) is 1. The smallest absolute Gasteiger partial charge is 0.191 e. The van der Waals surface area contributed by atoms with Gasteiger partial charge in [-0.1, -0.05) is 30.3 Å². The standard InChI is InChI=1S/C17H29N3OS.HI/c1-4-18-17(19-12-8-9-13-22-3)20-14-16(21-2)15-10-6-5-7-11-15;/h5-7,10-11,16H,4,8-9,12-14H2,1-3H3,(H2,18,19,20);1H. The number of halogens is 1. The minimum atomic E-state index is -0.00634. The molecule has 6 heteroatoms. The Labute approximate surface area is 162 Å². The highest BCUT2D eigenvalue weighted by molar-refractivity contribution is 14.0. The van der Waals surface area contributed by atoms with Gasteiger partial charge in [-0.3, -0.25) is 4.99 Å². The second-order valence-electron chi connectivity index (χ2n) is 4.98. The largest absolute Gasteiger partial charge is 0.375 e. The third-order valence-electron chi connectivity index (χ3n) is 3.28. The molecule has 23 heavy (non-hydrogen) atoms. The van der Waals surface area contributed by atoms with Gasteiger partial charge in [0.1, 0.15) is 6.10 Å². The van der Waals surface area contributed by atoms with Crippen molar-refractivity contribution in [2.45, 2.75) is 25.9 Å². The number of guanidine groups is 1. The number of aliphatic imine (C=N–C) groups is 1. The summed E-state index contributed by atoms with van der Waals surface area (Å²) >= 11 is 1.90. The van der Waals surface area contributed by atoms with Crippen molar-refractivity contribution in [2.75, 3.05) is 38.8 Å². The Hall–Kier alpha value is -0.470. The summed E-state index contributed by atoms with van der Waals surface area (Å²) in [4.78, 5) is 4.64. The maximum atomic E-state index is 5.56. The van der Waals surface area contributed by atoms with Gasteiger partial charge in [0.2, 0.25) is 0 Å². The van der Waals surface area contributed by atoms with Gasteiger partial charge in [0.05, 0.1) is 6.54 Å². The van der Waals surface area contributed by atoms with Crippen LogP contribution in [0.2, 0.25) is 0 Å². The molecule has 0 heterocycles. The maximum absolute atomic E-state index is 5.56. The highest BCUT2D eigenvalue weighted by Gasteiger charge is 2.09. The van der Waals surface area contributed by atoms with Gasteiger partial charge in [-0.05, 0) is 37.3 Å². The molecule has 0 saturated carbocycles. The molecule has 1 aromatic carbocycles. The Morgan fingerprint density at radius 2 is 1.96 bits per heavy atom. The summed E-state index contributed by atoms with van der Waals surface area (Å²) in [6.45, 7) is 4.51. The molecule has 0 bridgehead atoms. The van der Waals surface area contributed by atoms with Crippen molar-refractivity contribution in [1.29, 1.82) is 0 Å². The Balaban J connectivity index is 0.00000484. The van der Waals surface area contributed by atoms with Gasteiger partial charge in [0.15, 0.2) is 5.96 Å². The molecule has 132 valence electrons. The van der Waals surface area contributed by atoms with Crippen LogP contribution in [0, 0.1) is 0 Å². The van der Waals surface area contributed by atoms with E-state index in [1.807, 2.05) is 30.0 Å². The first-order valence-electron chi connectivity index (χ1n) is 7.90. The summed E-state index contributed by atoms with van der Waals surface area (Å²) < 4.78 is 5.56. The van der Waals surface area contributed by atoms with Crippen molar-refractivity contribution in [3.05, 3.63) is 35.9 Å². The van der Waals surface area contributed by atoms with Gasteiger partial charge in [-0.15, -0.1) is 24.0 Å². The molecule has 0 radical (unpaired) electrons. The second kappa shape index (κ2) is 15.1. The van der Waals surface area contributed by atoms with Gasteiger partial charge >= 0.3 is 0 Å². The zero-order valence-corrected chi connectivity index (χ0v) is 17.5. The second-order valence-corrected chi connectivity index (χ2v) is 5.97. The number of hydrogen-bond donors (Lipinski definition) is 2. The number of methoxy groups -OCH3 is 1. The monoisotopic (exact) mass is 451 g/mol. The molecule has 4 nitrogen and oxygen atoms in total. The summed E-state index contributed by atoms with van der Waals surface area (Å²) in [5.74, 6) is 2.08. The van der Waals surface area contributed by atoms with Gasteiger partial charge in [0.25, 0.3) is 0 Å². The minimum Gasteiger partial charge on any atom is -0.375 e. The third kappa shape index (κ3) is 10.1. The number of unbranched alkanes of at least 4 members (excludes halogenated alkanes) is 1. The zero-order valence-electron chi connectivity index (χ0n) is 14.4. The Bertz CT molecular complexity index is 418. The summed E-state index contributed by atoms with van der Waals surface area (Å²) in [6.07, 6.45) is 4.54. The van der Waals surface area contributed by atoms with Crippen LogP contribution in [-0.2, 0) is 4.74 Å². The van der Waals surface area contributed by atoms with Crippen LogP contribution in [0.3, 0.4) is 0 Å². The van der Waals surface area contributed by atoms with E-state index in [-0.39, 0.29) is 30.1 Å². The van der Waals surface area contributed by atoms with Crippen molar-refractivity contribution >= 4 is 41.7 Å². The normalized spacial score (nSPS) is 12.4. The average Bonchev–Trinajstić information content (AvgIpc) is 2.56. The highest BCUT2D eigenvalue weighted by Crippen LogP contribution is 2.16. The average molecular weight is 451 g/mol. The first kappa shape index (κ1) is 22.5. The number of ether oxygens (including phenoxy) is 1. The molecular formula is C17H30IN3OS. The van der Waals surface area contributed by atoms with Crippen molar-refractivity contribution < 1.29 is 4.74 Å². The van der Waals surface area contributed by atoms with Crippen molar-refractivity contribution in [2.24, 2.45) is 4.99 Å². The summed E-state index contributed by atoms with van der Waals surface area (Å²) in [7, 11) is 1.73. The molecule has 1 aromatic rings. The molecule has 0 spiro atoms. The van der Waals surface area contributed by atoms with E-state index >= 15 is 0 Å². The predicted molar refractivity (Wildman–Crippen MR) is 113 cm³/mol. The van der Waals surface area contributed by atoms with E-state index in [1.54, 1.807) is 7.11 Å². The topological polar surface area (TPSA) is 45.7 Å². The summed E-state index contributed by atoms with van der Waals surface area (Å²) in [5.41, 5.74) is 1.16. The van der Waals surface area contributed by atoms with Crippen LogP contribution in [0.25, 0.3) is 0 Å². The quantitative estimate of drug-likeness (QED) is 0.247. The number of benzene rings is 1. The van der Waals surface area contributed by atoms with Crippen LogP contribution in [0.4, 0.5) is 0 Å². The Morgan fingerprint density at radius 3 is 2.57 bits per heavy atom. The first-order chi connectivity index (χ1) is 10.8. The van der Waals surface area contributed by atoms with Gasteiger partial charge in [-0.2, -0.15) is 11.8 Å². The van der Waals surface area contributed by atoms with Crippen LogP contribution in [-0.4, -0.2) is 44.7 Å². The molecule has 1 rings (SSSR count). The molecule has 0 aliphatic rings. The molecule has 0 aliphatic heterocycles. The summed E-state index contributed by atoms with van der Waals surface area (Å²) in [6, 6.07) is 10.2. The maximum Gasteiger partial charge on any atom is 0.191 e. The number of rotatable bonds is 10. The predicted octanol–water partition coefficient (Wildman–Crippen LogP) is 3.69. The molecular weight excluding hydrogens is 421 g/mol. The Kier molecular flexibility index (Phi) is 14.8. The molecule has 0 amide bonds. The number of hydrogen-bond acceptors (Lipinski definition) is 3. The fourth-order valence-corrected chi connectivity index (χ4v) is 2.57. The number of thioether (sulfide) groups is 1. The summed E-state index contributed by atoms with van der Waals surface area (Å²) in [5, 5.41) is 6.67. The van der Waals surface area contributed by atoms with E-state index in [0.717, 1.165) is 31.0 Å². The van der Waals surface area contributed by atoms with Crippen LogP contribution in [0.5, 0.6) is 0 Å². The van der Waals surface area contributed by atoms with Crippen molar-refractivity contribution in [3.63, 3.8) is 0 Å². The van der Waals surface area contributed by atoms with Crippen LogP contribution in [0.15, 0.2) is 35.3 Å². The van der Waals surface area contributed by atoms with E-state index in [9.17, 15) is 0 Å². The van der Waals surface area contributed by atoms with Crippen LogP contribution >= 0.6 is 35.7 Å². The fraction of sp³-hybridized carbons (Fsp3) is 0.588. The molecule has 1 atom stereocenters. The zero-order chi connectivity index (χ0) is 16.0. The van der Waals surface area contributed by atoms with Crippen LogP contribution < -0.4 is 10.6 Å². The van der Waals surface area contributed by atoms with Crippen molar-refractivity contribution in [3.8, 4) is 0 Å². The lowest BCUT2D eigenvalue weighted by Gasteiger charge is -2.16. The molecule has 0 aliphatic carbocycles. The molecule has 0 saturated heterocycles. The van der Waals surface area contributed by atoms with E-state index in [0.29, 0.717) is 6.54 Å². The van der Waals surface area contributed by atoms with Crippen LogP contribution in [0.1, 0.15) is 31.4 Å². The van der Waals surface area contributed by atoms with E-state index < -0.39 is 0 Å². The van der Waals surface area contributed by atoms with Gasteiger partial charge < -0.3 is 15.4 Å². The molecule has 2 N–H and O–H groups in total. The first-order valence-corrected chi connectivity index (χ1v) is 9.30. The lowest BCUT2D eigenvalue weighted by molar-refractivity contribution is 0.111. The van der Waals surface area contributed by atoms with Gasteiger partial charge in [-0.25, -0.2) is 0 Å². The van der Waals surface area contributed by atoms with Gasteiger partial charge in [0, 0.05) is 20.2 Å². The molecule has 0 aromatic heterocycles. The minimum absolute atomic E-state index is 0. The van der Waals surface area contributed by atoms with E-state index in [4.69, 9.17) is 4.74 Å². The SMILES string of the molecule is CCNC(=NCC(OC)c1ccccc1)NCCCCSC.I. The third-order valence-corrected chi connectivity index (χ3v) is 3.98. The van der Waals surface area contributed by atoms with E-state index in [2.05, 4.69) is 40.9 Å².